The molecule has 0 bridgehead atoms. The Kier molecular flexibility index (Phi) is 3.49. The molecule has 4 nitrogen and oxygen atoms in total. The molecule has 0 radical (unpaired) electrons. The molecule has 0 aliphatic carbocycles. The van der Waals surface area contributed by atoms with Gasteiger partial charge in [0, 0.05) is 19.2 Å². The van der Waals surface area contributed by atoms with Gasteiger partial charge in [0.05, 0.1) is 18.1 Å². The number of hydrogen-bond donors (Lipinski definition) is 1. The van der Waals surface area contributed by atoms with Crippen LogP contribution in [0.25, 0.3) is 0 Å². The minimum Gasteiger partial charge on any atom is -0.386 e. The average molecular weight is 235 g/mol. The summed E-state index contributed by atoms with van der Waals surface area (Å²) in [5, 5.41) is 14.0. The minimum absolute atomic E-state index is 0.403. The van der Waals surface area contributed by atoms with Crippen LogP contribution in [0.4, 0.5) is 4.39 Å². The number of nitrogens with zero attached hydrogens (tertiary/aromatic N) is 3. The number of aryl methyl sites for hydroxylation is 1. The molecule has 1 atom stereocenters. The van der Waals surface area contributed by atoms with Gasteiger partial charge in [-0.15, -0.1) is 0 Å². The van der Waals surface area contributed by atoms with Gasteiger partial charge < -0.3 is 5.11 Å². The van der Waals surface area contributed by atoms with Crippen LogP contribution >= 0.6 is 0 Å². The van der Waals surface area contributed by atoms with E-state index in [4.69, 9.17) is 0 Å². The van der Waals surface area contributed by atoms with Crippen LogP contribution in [-0.4, -0.2) is 19.9 Å². The van der Waals surface area contributed by atoms with Crippen LogP contribution in [0.2, 0.25) is 0 Å². The predicted octanol–water partition coefficient (Wildman–Crippen LogP) is 1.71. The van der Waals surface area contributed by atoms with Crippen molar-refractivity contribution < 1.29 is 9.50 Å². The second-order valence-electron chi connectivity index (χ2n) is 3.83. The molecule has 2 aromatic rings. The highest BCUT2D eigenvalue weighted by Gasteiger charge is 2.11. The quantitative estimate of drug-likeness (QED) is 0.877. The molecule has 2 aromatic heterocycles. The first-order valence-corrected chi connectivity index (χ1v) is 5.50. The molecule has 1 N–H and O–H groups in total. The Bertz CT molecular complexity index is 481. The van der Waals surface area contributed by atoms with E-state index in [0.29, 0.717) is 12.1 Å². The molecular weight excluding hydrogens is 221 g/mol. The van der Waals surface area contributed by atoms with Gasteiger partial charge in [-0.25, -0.2) is 4.39 Å². The fraction of sp³-hybridized carbons (Fsp3) is 0.333. The minimum atomic E-state index is -0.731. The van der Waals surface area contributed by atoms with Gasteiger partial charge in [0.15, 0.2) is 0 Å². The van der Waals surface area contributed by atoms with Crippen molar-refractivity contribution in [3.05, 3.63) is 47.8 Å². The molecule has 17 heavy (non-hydrogen) atoms. The van der Waals surface area contributed by atoms with Gasteiger partial charge in [0.2, 0.25) is 0 Å². The van der Waals surface area contributed by atoms with Crippen molar-refractivity contribution >= 4 is 0 Å². The van der Waals surface area contributed by atoms with E-state index in [1.165, 1.54) is 12.1 Å². The highest BCUT2D eigenvalue weighted by atomic mass is 19.1. The van der Waals surface area contributed by atoms with Crippen LogP contribution in [0.15, 0.2) is 30.7 Å². The summed E-state index contributed by atoms with van der Waals surface area (Å²) in [7, 11) is 0. The summed E-state index contributed by atoms with van der Waals surface area (Å²) in [5.41, 5.74) is 1.40. The van der Waals surface area contributed by atoms with Crippen LogP contribution in [0.1, 0.15) is 24.3 Å². The molecule has 90 valence electrons. The second kappa shape index (κ2) is 5.05. The topological polar surface area (TPSA) is 50.9 Å². The summed E-state index contributed by atoms with van der Waals surface area (Å²) >= 11 is 0. The first-order valence-electron chi connectivity index (χ1n) is 5.50. The zero-order valence-electron chi connectivity index (χ0n) is 9.55. The fourth-order valence-electron chi connectivity index (χ4n) is 1.60. The lowest BCUT2D eigenvalue weighted by molar-refractivity contribution is 0.173. The van der Waals surface area contributed by atoms with Crippen molar-refractivity contribution in [2.45, 2.75) is 26.0 Å². The maximum atomic E-state index is 12.7. The van der Waals surface area contributed by atoms with Gasteiger partial charge in [0.1, 0.15) is 11.9 Å². The molecule has 0 aromatic carbocycles. The van der Waals surface area contributed by atoms with Crippen molar-refractivity contribution in [2.24, 2.45) is 0 Å². The first-order chi connectivity index (χ1) is 8.19. The highest BCUT2D eigenvalue weighted by Crippen LogP contribution is 2.16. The van der Waals surface area contributed by atoms with Crippen LogP contribution < -0.4 is 0 Å². The molecule has 0 saturated carbocycles. The Morgan fingerprint density at radius 3 is 2.82 bits per heavy atom. The van der Waals surface area contributed by atoms with Crippen LogP contribution in [0.3, 0.4) is 0 Å². The molecule has 2 heterocycles. The summed E-state index contributed by atoms with van der Waals surface area (Å²) < 4.78 is 14.5. The second-order valence-corrected chi connectivity index (χ2v) is 3.83. The van der Waals surface area contributed by atoms with E-state index in [0.717, 1.165) is 18.3 Å². The number of aromatic nitrogens is 3. The summed E-state index contributed by atoms with van der Waals surface area (Å²) in [5.74, 6) is -0.403. The van der Waals surface area contributed by atoms with Crippen LogP contribution in [-0.2, 0) is 13.0 Å². The molecular formula is C12H14FN3O. The lowest BCUT2D eigenvalue weighted by Crippen LogP contribution is -2.03. The lowest BCUT2D eigenvalue weighted by Gasteiger charge is -2.08. The summed E-state index contributed by atoms with van der Waals surface area (Å²) in [4.78, 5) is 3.85. The van der Waals surface area contributed by atoms with Crippen molar-refractivity contribution in [2.75, 3.05) is 0 Å². The van der Waals surface area contributed by atoms with Crippen LogP contribution in [0, 0.1) is 5.82 Å². The standard InChI is InChI=1S/C12H14FN3O/c1-2-16-8-9(6-15-16)5-12(17)11-4-3-10(13)7-14-11/h3-4,6-8,12,17H,2,5H2,1H3. The van der Waals surface area contributed by atoms with E-state index in [9.17, 15) is 9.50 Å². The largest absolute Gasteiger partial charge is 0.386 e. The molecule has 0 fully saturated rings. The molecule has 1 unspecified atom stereocenters. The van der Waals surface area contributed by atoms with E-state index in [2.05, 4.69) is 10.1 Å². The number of halogens is 1. The Morgan fingerprint density at radius 2 is 2.24 bits per heavy atom. The Morgan fingerprint density at radius 1 is 1.41 bits per heavy atom. The average Bonchev–Trinajstić information content (AvgIpc) is 2.77. The summed E-state index contributed by atoms with van der Waals surface area (Å²) in [6.45, 7) is 2.79. The summed E-state index contributed by atoms with van der Waals surface area (Å²) in [6, 6.07) is 2.78. The predicted molar refractivity (Wildman–Crippen MR) is 60.8 cm³/mol. The number of aliphatic hydroxyl groups excluding tert-OH is 1. The van der Waals surface area contributed by atoms with E-state index in [1.807, 2.05) is 13.1 Å². The monoisotopic (exact) mass is 235 g/mol. The van der Waals surface area contributed by atoms with Gasteiger partial charge in [-0.2, -0.15) is 5.10 Å². The molecule has 2 rings (SSSR count). The number of aliphatic hydroxyl groups is 1. The van der Waals surface area contributed by atoms with Crippen molar-refractivity contribution in [3.63, 3.8) is 0 Å². The number of hydrogen-bond acceptors (Lipinski definition) is 3. The third kappa shape index (κ3) is 2.88. The maximum Gasteiger partial charge on any atom is 0.141 e. The van der Waals surface area contributed by atoms with Gasteiger partial charge in [-0.05, 0) is 24.6 Å². The van der Waals surface area contributed by atoms with Crippen molar-refractivity contribution in [3.8, 4) is 0 Å². The fourth-order valence-corrected chi connectivity index (χ4v) is 1.60. The van der Waals surface area contributed by atoms with Gasteiger partial charge in [-0.1, -0.05) is 0 Å². The number of rotatable bonds is 4. The Hall–Kier alpha value is -1.75. The van der Waals surface area contributed by atoms with E-state index < -0.39 is 11.9 Å². The van der Waals surface area contributed by atoms with Crippen LogP contribution in [0.5, 0.6) is 0 Å². The molecule has 0 aliphatic heterocycles. The van der Waals surface area contributed by atoms with E-state index >= 15 is 0 Å². The molecule has 0 saturated heterocycles. The zero-order chi connectivity index (χ0) is 12.3. The number of pyridine rings is 1. The Balaban J connectivity index is 2.05. The van der Waals surface area contributed by atoms with Gasteiger partial charge in [-0.3, -0.25) is 9.67 Å². The third-order valence-corrected chi connectivity index (χ3v) is 2.53. The SMILES string of the molecule is CCn1cc(CC(O)c2ccc(F)cn2)cn1. The van der Waals surface area contributed by atoms with Crippen molar-refractivity contribution in [1.82, 2.24) is 14.8 Å². The third-order valence-electron chi connectivity index (χ3n) is 2.53. The summed E-state index contributed by atoms with van der Waals surface area (Å²) in [6.07, 6.45) is 4.40. The Labute approximate surface area is 98.7 Å². The van der Waals surface area contributed by atoms with Crippen molar-refractivity contribution in [1.29, 1.82) is 0 Å². The molecule has 0 amide bonds. The highest BCUT2D eigenvalue weighted by molar-refractivity contribution is 5.13. The van der Waals surface area contributed by atoms with Gasteiger partial charge >= 0.3 is 0 Å². The first kappa shape index (κ1) is 11.7. The molecule has 5 heteroatoms. The van der Waals surface area contributed by atoms with E-state index in [1.54, 1.807) is 10.9 Å². The lowest BCUT2D eigenvalue weighted by atomic mass is 10.1. The van der Waals surface area contributed by atoms with E-state index in [-0.39, 0.29) is 0 Å². The normalized spacial score (nSPS) is 12.6. The molecule has 0 spiro atoms. The maximum absolute atomic E-state index is 12.7. The molecule has 0 aliphatic rings. The zero-order valence-corrected chi connectivity index (χ0v) is 9.55. The van der Waals surface area contributed by atoms with Gasteiger partial charge in [0.25, 0.3) is 0 Å². The smallest absolute Gasteiger partial charge is 0.141 e.